The van der Waals surface area contributed by atoms with Crippen molar-refractivity contribution in [3.63, 3.8) is 0 Å². The summed E-state index contributed by atoms with van der Waals surface area (Å²) in [6.45, 7) is 2.70. The average Bonchev–Trinajstić information content (AvgIpc) is 3.41. The van der Waals surface area contributed by atoms with Gasteiger partial charge >= 0.3 is 0 Å². The molecule has 0 fully saturated rings. The Labute approximate surface area is 156 Å². The lowest BCUT2D eigenvalue weighted by Gasteiger charge is -2.13. The third-order valence-corrected chi connectivity index (χ3v) is 4.42. The molecule has 4 heterocycles. The number of fused-ring (bicyclic) bond motifs is 1. The van der Waals surface area contributed by atoms with Gasteiger partial charge in [-0.15, -0.1) is 12.4 Å². The Balaban J connectivity index is 0.00000168. The highest BCUT2D eigenvalue weighted by Gasteiger charge is 2.16. The van der Waals surface area contributed by atoms with E-state index in [2.05, 4.69) is 42.8 Å². The van der Waals surface area contributed by atoms with Gasteiger partial charge in [-0.05, 0) is 30.3 Å². The maximum absolute atomic E-state index is 4.73. The molecule has 0 saturated carbocycles. The zero-order chi connectivity index (χ0) is 16.6. The monoisotopic (exact) mass is 367 g/mol. The van der Waals surface area contributed by atoms with Crippen molar-refractivity contribution in [2.24, 2.45) is 0 Å². The number of halogens is 1. The van der Waals surface area contributed by atoms with Crippen molar-refractivity contribution < 1.29 is 0 Å². The van der Waals surface area contributed by atoms with E-state index in [1.807, 2.05) is 41.5 Å². The van der Waals surface area contributed by atoms with Gasteiger partial charge < -0.3 is 5.32 Å². The maximum atomic E-state index is 4.73. The first-order valence-corrected chi connectivity index (χ1v) is 8.30. The van der Waals surface area contributed by atoms with E-state index >= 15 is 0 Å². The van der Waals surface area contributed by atoms with Crippen molar-refractivity contribution in [1.29, 1.82) is 0 Å². The SMILES string of the molecule is Cl.c1cc(-n2cccn2)cc(-n2ccnc2-c2cc3n(n2)CCNC3)c1. The van der Waals surface area contributed by atoms with E-state index in [0.717, 1.165) is 42.5 Å². The molecular formula is C18H18ClN7. The van der Waals surface area contributed by atoms with Crippen molar-refractivity contribution in [3.05, 3.63) is 66.9 Å². The Kier molecular flexibility index (Phi) is 4.32. The average molecular weight is 368 g/mol. The Hall–Kier alpha value is -2.90. The zero-order valence-electron chi connectivity index (χ0n) is 14.0. The summed E-state index contributed by atoms with van der Waals surface area (Å²) >= 11 is 0. The molecule has 8 heteroatoms. The summed E-state index contributed by atoms with van der Waals surface area (Å²) in [5.74, 6) is 0.847. The van der Waals surface area contributed by atoms with Crippen LogP contribution in [-0.4, -0.2) is 35.7 Å². The number of hydrogen-bond donors (Lipinski definition) is 1. The minimum absolute atomic E-state index is 0. The molecule has 0 saturated heterocycles. The number of rotatable bonds is 3. The summed E-state index contributed by atoms with van der Waals surface area (Å²) < 4.78 is 5.97. The molecule has 0 radical (unpaired) electrons. The molecule has 7 nitrogen and oxygen atoms in total. The molecule has 0 bridgehead atoms. The van der Waals surface area contributed by atoms with Crippen molar-refractivity contribution in [2.45, 2.75) is 13.1 Å². The van der Waals surface area contributed by atoms with Gasteiger partial charge in [0, 0.05) is 43.6 Å². The molecule has 0 spiro atoms. The van der Waals surface area contributed by atoms with Crippen LogP contribution in [0.3, 0.4) is 0 Å². The second-order valence-electron chi connectivity index (χ2n) is 6.01. The van der Waals surface area contributed by atoms with Gasteiger partial charge in [0.15, 0.2) is 5.82 Å². The summed E-state index contributed by atoms with van der Waals surface area (Å²) in [6, 6.07) is 12.2. The molecule has 4 aromatic rings. The van der Waals surface area contributed by atoms with Crippen LogP contribution < -0.4 is 5.32 Å². The number of benzene rings is 1. The minimum atomic E-state index is 0. The first-order valence-electron chi connectivity index (χ1n) is 8.30. The second kappa shape index (κ2) is 6.78. The summed E-state index contributed by atoms with van der Waals surface area (Å²) in [5.41, 5.74) is 4.13. The van der Waals surface area contributed by atoms with Crippen LogP contribution in [0.15, 0.2) is 61.2 Å². The van der Waals surface area contributed by atoms with Crippen LogP contribution in [0, 0.1) is 0 Å². The van der Waals surface area contributed by atoms with Gasteiger partial charge in [0.05, 0.1) is 17.9 Å². The van der Waals surface area contributed by atoms with Crippen molar-refractivity contribution in [1.82, 2.24) is 34.4 Å². The molecule has 0 amide bonds. The minimum Gasteiger partial charge on any atom is -0.309 e. The highest BCUT2D eigenvalue weighted by Crippen LogP contribution is 2.23. The molecule has 0 unspecified atom stereocenters. The normalized spacial score (nSPS) is 13.2. The first-order chi connectivity index (χ1) is 12.4. The predicted octanol–water partition coefficient (Wildman–Crippen LogP) is 2.45. The van der Waals surface area contributed by atoms with Crippen LogP contribution in [-0.2, 0) is 13.1 Å². The van der Waals surface area contributed by atoms with E-state index in [4.69, 9.17) is 5.10 Å². The number of hydrogen-bond acceptors (Lipinski definition) is 4. The summed E-state index contributed by atoms with van der Waals surface area (Å²) in [4.78, 5) is 4.54. The molecule has 0 aliphatic carbocycles. The fourth-order valence-corrected chi connectivity index (χ4v) is 3.21. The summed E-state index contributed by atoms with van der Waals surface area (Å²) in [6.07, 6.45) is 7.49. The van der Waals surface area contributed by atoms with Gasteiger partial charge in [-0.2, -0.15) is 10.2 Å². The van der Waals surface area contributed by atoms with Crippen LogP contribution in [0.4, 0.5) is 0 Å². The zero-order valence-corrected chi connectivity index (χ0v) is 14.8. The van der Waals surface area contributed by atoms with Gasteiger partial charge in [-0.25, -0.2) is 9.67 Å². The van der Waals surface area contributed by atoms with E-state index in [0.29, 0.717) is 0 Å². The van der Waals surface area contributed by atoms with Gasteiger partial charge in [0.25, 0.3) is 0 Å². The standard InChI is InChI=1S/C18H17N7.ClH/c1-3-14(11-15(4-1)24-8-2-5-21-24)23-9-7-20-18(23)17-12-16-13-19-6-10-25(16)22-17;/h1-5,7-9,11-12,19H,6,10,13H2;1H. The second-order valence-corrected chi connectivity index (χ2v) is 6.01. The molecule has 1 aliphatic rings. The number of imidazole rings is 1. The number of nitrogens with zero attached hydrogens (tertiary/aromatic N) is 6. The lowest BCUT2D eigenvalue weighted by Crippen LogP contribution is -2.28. The Morgan fingerprint density at radius 1 is 1.00 bits per heavy atom. The van der Waals surface area contributed by atoms with E-state index in [1.165, 1.54) is 5.69 Å². The smallest absolute Gasteiger partial charge is 0.165 e. The van der Waals surface area contributed by atoms with E-state index in [9.17, 15) is 0 Å². The highest BCUT2D eigenvalue weighted by atomic mass is 35.5. The van der Waals surface area contributed by atoms with Crippen LogP contribution in [0.2, 0.25) is 0 Å². The molecule has 3 aromatic heterocycles. The molecule has 26 heavy (non-hydrogen) atoms. The Morgan fingerprint density at radius 2 is 1.92 bits per heavy atom. The van der Waals surface area contributed by atoms with E-state index < -0.39 is 0 Å². The lowest BCUT2D eigenvalue weighted by molar-refractivity contribution is 0.476. The number of aromatic nitrogens is 6. The third kappa shape index (κ3) is 2.81. The molecule has 1 aromatic carbocycles. The Bertz CT molecular complexity index is 993. The van der Waals surface area contributed by atoms with Crippen molar-refractivity contribution in [3.8, 4) is 22.9 Å². The fourth-order valence-electron chi connectivity index (χ4n) is 3.21. The first kappa shape index (κ1) is 16.6. The third-order valence-electron chi connectivity index (χ3n) is 4.42. The van der Waals surface area contributed by atoms with E-state index in [-0.39, 0.29) is 12.4 Å². The topological polar surface area (TPSA) is 65.5 Å². The summed E-state index contributed by atoms with van der Waals surface area (Å²) in [5, 5.41) is 12.4. The fraction of sp³-hybridized carbons (Fsp3) is 0.167. The molecule has 1 aliphatic heterocycles. The van der Waals surface area contributed by atoms with Crippen LogP contribution in [0.5, 0.6) is 0 Å². The molecule has 132 valence electrons. The lowest BCUT2D eigenvalue weighted by atomic mass is 10.2. The number of nitrogens with one attached hydrogen (secondary N) is 1. The van der Waals surface area contributed by atoms with Crippen molar-refractivity contribution in [2.75, 3.05) is 6.54 Å². The molecular weight excluding hydrogens is 350 g/mol. The predicted molar refractivity (Wildman–Crippen MR) is 101 cm³/mol. The van der Waals surface area contributed by atoms with Gasteiger partial charge in [0.2, 0.25) is 0 Å². The van der Waals surface area contributed by atoms with Gasteiger partial charge in [0.1, 0.15) is 5.69 Å². The largest absolute Gasteiger partial charge is 0.309 e. The molecule has 5 rings (SSSR count). The molecule has 1 N–H and O–H groups in total. The van der Waals surface area contributed by atoms with E-state index in [1.54, 1.807) is 6.20 Å². The van der Waals surface area contributed by atoms with Crippen LogP contribution in [0.1, 0.15) is 5.69 Å². The maximum Gasteiger partial charge on any atom is 0.165 e. The van der Waals surface area contributed by atoms with Crippen molar-refractivity contribution >= 4 is 12.4 Å². The van der Waals surface area contributed by atoms with Crippen LogP contribution >= 0.6 is 12.4 Å². The molecule has 0 atom stereocenters. The quantitative estimate of drug-likeness (QED) is 0.604. The Morgan fingerprint density at radius 3 is 2.77 bits per heavy atom. The van der Waals surface area contributed by atoms with Crippen LogP contribution in [0.25, 0.3) is 22.9 Å². The summed E-state index contributed by atoms with van der Waals surface area (Å²) in [7, 11) is 0. The highest BCUT2D eigenvalue weighted by molar-refractivity contribution is 5.85. The van der Waals surface area contributed by atoms with Gasteiger partial charge in [-0.3, -0.25) is 9.25 Å². The van der Waals surface area contributed by atoms with Gasteiger partial charge in [-0.1, -0.05) is 6.07 Å².